The Hall–Kier alpha value is -1.24. The van der Waals surface area contributed by atoms with E-state index in [2.05, 4.69) is 9.82 Å². The van der Waals surface area contributed by atoms with Crippen molar-refractivity contribution in [3.05, 3.63) is 6.20 Å². The molecule has 0 unspecified atom stereocenters. The first kappa shape index (κ1) is 8.85. The molecule has 1 rings (SSSR count). The van der Waals surface area contributed by atoms with E-state index in [0.29, 0.717) is 5.69 Å². The number of hydrogen-bond donors (Lipinski definition) is 2. The van der Waals surface area contributed by atoms with E-state index in [-0.39, 0.29) is 5.82 Å². The molecule has 0 bridgehead atoms. The standard InChI is InChI=1S/C5H10N4O2S/c1-9-5(4(6)3-7-9)8-12(2,10)11/h3,8H,6H2,1-2H3. The Morgan fingerprint density at radius 2 is 2.25 bits per heavy atom. The summed E-state index contributed by atoms with van der Waals surface area (Å²) in [7, 11) is -1.68. The van der Waals surface area contributed by atoms with Gasteiger partial charge in [0.05, 0.1) is 18.1 Å². The molecule has 1 heterocycles. The molecule has 0 aliphatic rings. The van der Waals surface area contributed by atoms with Gasteiger partial charge >= 0.3 is 0 Å². The van der Waals surface area contributed by atoms with E-state index in [1.807, 2.05) is 0 Å². The minimum atomic E-state index is -3.28. The van der Waals surface area contributed by atoms with Crippen LogP contribution in [0.5, 0.6) is 0 Å². The van der Waals surface area contributed by atoms with Crippen LogP contribution in [0.2, 0.25) is 0 Å². The van der Waals surface area contributed by atoms with Crippen LogP contribution >= 0.6 is 0 Å². The fourth-order valence-corrected chi connectivity index (χ4v) is 1.36. The number of aryl methyl sites for hydroxylation is 1. The molecule has 7 heteroatoms. The molecule has 0 amide bonds. The minimum absolute atomic E-state index is 0.289. The number of nitrogens with zero attached hydrogens (tertiary/aromatic N) is 2. The lowest BCUT2D eigenvalue weighted by Crippen LogP contribution is -2.13. The van der Waals surface area contributed by atoms with Gasteiger partial charge in [-0.25, -0.2) is 8.42 Å². The van der Waals surface area contributed by atoms with Gasteiger partial charge in [0, 0.05) is 7.05 Å². The molecular weight excluding hydrogens is 180 g/mol. The third kappa shape index (κ3) is 1.88. The number of sulfonamides is 1. The predicted molar refractivity (Wildman–Crippen MR) is 46.1 cm³/mol. The maximum absolute atomic E-state index is 10.8. The highest BCUT2D eigenvalue weighted by Gasteiger charge is 2.09. The van der Waals surface area contributed by atoms with Gasteiger partial charge in [-0.1, -0.05) is 0 Å². The number of hydrogen-bond acceptors (Lipinski definition) is 4. The third-order valence-corrected chi connectivity index (χ3v) is 1.81. The number of aromatic nitrogens is 2. The van der Waals surface area contributed by atoms with Crippen molar-refractivity contribution in [2.24, 2.45) is 7.05 Å². The summed E-state index contributed by atoms with van der Waals surface area (Å²) in [6.07, 6.45) is 2.44. The molecule has 0 aliphatic carbocycles. The highest BCUT2D eigenvalue weighted by Crippen LogP contribution is 2.16. The Balaban J connectivity index is 3.04. The molecule has 0 fully saturated rings. The first-order valence-corrected chi connectivity index (χ1v) is 5.04. The molecule has 0 saturated carbocycles. The molecule has 3 N–H and O–H groups in total. The Morgan fingerprint density at radius 3 is 2.58 bits per heavy atom. The summed E-state index contributed by atoms with van der Waals surface area (Å²) in [5, 5.41) is 3.77. The molecule has 0 atom stereocenters. The number of nitrogens with two attached hydrogens (primary N) is 1. The van der Waals surface area contributed by atoms with Gasteiger partial charge in [0.2, 0.25) is 10.0 Å². The van der Waals surface area contributed by atoms with E-state index < -0.39 is 10.0 Å². The maximum Gasteiger partial charge on any atom is 0.231 e. The van der Waals surface area contributed by atoms with E-state index in [1.165, 1.54) is 10.9 Å². The zero-order chi connectivity index (χ0) is 9.35. The van der Waals surface area contributed by atoms with Crippen molar-refractivity contribution in [2.45, 2.75) is 0 Å². The first-order valence-electron chi connectivity index (χ1n) is 3.15. The molecule has 0 saturated heterocycles. The molecule has 0 spiro atoms. The van der Waals surface area contributed by atoms with Crippen LogP contribution in [0.25, 0.3) is 0 Å². The summed E-state index contributed by atoms with van der Waals surface area (Å²) in [5.74, 6) is 0.289. The van der Waals surface area contributed by atoms with Crippen LogP contribution in [-0.4, -0.2) is 24.5 Å². The third-order valence-electron chi connectivity index (χ3n) is 1.25. The number of nitrogens with one attached hydrogen (secondary N) is 1. The minimum Gasteiger partial charge on any atom is -0.394 e. The Labute approximate surface area is 70.4 Å². The van der Waals surface area contributed by atoms with E-state index in [9.17, 15) is 8.42 Å². The Bertz CT molecular complexity index is 361. The van der Waals surface area contributed by atoms with Crippen molar-refractivity contribution in [2.75, 3.05) is 16.7 Å². The molecule has 12 heavy (non-hydrogen) atoms. The normalized spacial score (nSPS) is 11.5. The van der Waals surface area contributed by atoms with Gasteiger partial charge in [-0.05, 0) is 0 Å². The van der Waals surface area contributed by atoms with Crippen LogP contribution in [0.3, 0.4) is 0 Å². The molecule has 0 aliphatic heterocycles. The van der Waals surface area contributed by atoms with Gasteiger partial charge < -0.3 is 5.73 Å². The van der Waals surface area contributed by atoms with Crippen molar-refractivity contribution in [3.63, 3.8) is 0 Å². The highest BCUT2D eigenvalue weighted by atomic mass is 32.2. The maximum atomic E-state index is 10.8. The van der Waals surface area contributed by atoms with E-state index >= 15 is 0 Å². The van der Waals surface area contributed by atoms with Crippen LogP contribution in [0.1, 0.15) is 0 Å². The second-order valence-corrected chi connectivity index (χ2v) is 4.19. The summed E-state index contributed by atoms with van der Waals surface area (Å²) in [6.45, 7) is 0. The van der Waals surface area contributed by atoms with Crippen molar-refractivity contribution in [3.8, 4) is 0 Å². The molecule has 6 nitrogen and oxygen atoms in total. The zero-order valence-electron chi connectivity index (χ0n) is 6.77. The molecule has 68 valence electrons. The second kappa shape index (κ2) is 2.67. The topological polar surface area (TPSA) is 90.0 Å². The van der Waals surface area contributed by atoms with Crippen molar-refractivity contribution >= 4 is 21.5 Å². The molecule has 0 aromatic carbocycles. The molecular formula is C5H10N4O2S. The Kier molecular flexibility index (Phi) is 1.97. The summed E-state index contributed by atoms with van der Waals surface area (Å²) in [5.41, 5.74) is 5.75. The van der Waals surface area contributed by atoms with Crippen molar-refractivity contribution < 1.29 is 8.42 Å². The number of rotatable bonds is 2. The summed E-state index contributed by atoms with van der Waals surface area (Å²) in [4.78, 5) is 0. The van der Waals surface area contributed by atoms with Gasteiger partial charge in [-0.3, -0.25) is 9.40 Å². The molecule has 0 radical (unpaired) electrons. The molecule has 1 aromatic heterocycles. The van der Waals surface area contributed by atoms with Crippen molar-refractivity contribution in [1.82, 2.24) is 9.78 Å². The van der Waals surface area contributed by atoms with Gasteiger partial charge in [0.15, 0.2) is 5.82 Å². The van der Waals surface area contributed by atoms with E-state index in [4.69, 9.17) is 5.73 Å². The van der Waals surface area contributed by atoms with Crippen LogP contribution < -0.4 is 10.5 Å². The van der Waals surface area contributed by atoms with Gasteiger partial charge in [0.1, 0.15) is 0 Å². The van der Waals surface area contributed by atoms with Gasteiger partial charge in [-0.2, -0.15) is 5.10 Å². The van der Waals surface area contributed by atoms with Crippen molar-refractivity contribution in [1.29, 1.82) is 0 Å². The summed E-state index contributed by atoms with van der Waals surface area (Å²) >= 11 is 0. The first-order chi connectivity index (χ1) is 5.40. The smallest absolute Gasteiger partial charge is 0.231 e. The fourth-order valence-electron chi connectivity index (χ4n) is 0.755. The number of anilines is 2. The van der Waals surface area contributed by atoms with Crippen LogP contribution in [0.4, 0.5) is 11.5 Å². The quantitative estimate of drug-likeness (QED) is 0.650. The van der Waals surface area contributed by atoms with Crippen LogP contribution in [0.15, 0.2) is 6.20 Å². The largest absolute Gasteiger partial charge is 0.394 e. The average molecular weight is 190 g/mol. The lowest BCUT2D eigenvalue weighted by Gasteiger charge is -2.03. The van der Waals surface area contributed by atoms with Gasteiger partial charge in [0.25, 0.3) is 0 Å². The highest BCUT2D eigenvalue weighted by molar-refractivity contribution is 7.92. The lowest BCUT2D eigenvalue weighted by molar-refractivity contribution is 0.606. The summed E-state index contributed by atoms with van der Waals surface area (Å²) in [6, 6.07) is 0. The second-order valence-electron chi connectivity index (χ2n) is 2.45. The SMILES string of the molecule is Cn1ncc(N)c1NS(C)(=O)=O. The Morgan fingerprint density at radius 1 is 1.67 bits per heavy atom. The molecule has 1 aromatic rings. The fraction of sp³-hybridized carbons (Fsp3) is 0.400. The number of nitrogen functional groups attached to an aromatic ring is 1. The predicted octanol–water partition coefficient (Wildman–Crippen LogP) is -0.626. The summed E-state index contributed by atoms with van der Waals surface area (Å²) < 4.78 is 25.2. The monoisotopic (exact) mass is 190 g/mol. The van der Waals surface area contributed by atoms with Crippen LogP contribution in [0, 0.1) is 0 Å². The van der Waals surface area contributed by atoms with Gasteiger partial charge in [-0.15, -0.1) is 0 Å². The van der Waals surface area contributed by atoms with Crippen LogP contribution in [-0.2, 0) is 17.1 Å². The zero-order valence-corrected chi connectivity index (χ0v) is 7.59. The lowest BCUT2D eigenvalue weighted by atomic mass is 10.5. The van der Waals surface area contributed by atoms with E-state index in [0.717, 1.165) is 6.26 Å². The van der Waals surface area contributed by atoms with E-state index in [1.54, 1.807) is 7.05 Å². The average Bonchev–Trinajstić information content (AvgIpc) is 2.16.